The van der Waals surface area contributed by atoms with E-state index in [1.807, 2.05) is 0 Å². The highest BCUT2D eigenvalue weighted by molar-refractivity contribution is 7.99. The quantitative estimate of drug-likeness (QED) is 0.556. The van der Waals surface area contributed by atoms with Crippen molar-refractivity contribution in [1.82, 2.24) is 19.7 Å². The summed E-state index contributed by atoms with van der Waals surface area (Å²) in [5.74, 6) is 0.372. The molecule has 0 radical (unpaired) electrons. The second-order valence-electron chi connectivity index (χ2n) is 6.20. The fraction of sp³-hybridized carbons (Fsp3) is 0.353. The van der Waals surface area contributed by atoms with Gasteiger partial charge in [-0.2, -0.15) is 5.10 Å². The molecule has 0 spiro atoms. The molecule has 5 atom stereocenters. The largest absolute Gasteiger partial charge is 0.444 e. The van der Waals surface area contributed by atoms with Crippen LogP contribution in [0, 0.1) is 0 Å². The number of ether oxygens (including phenoxy) is 1. The summed E-state index contributed by atoms with van der Waals surface area (Å²) in [5.41, 5.74) is -0.181. The third-order valence-electron chi connectivity index (χ3n) is 4.37. The molecule has 0 aromatic carbocycles. The standard InChI is InChI=1S/C17H17ClN4O5S/c18-10-3-11(6-19-5-10)28-17-15(25)13(14(24)12(8-23)27-17)22-7-9(4-21-22)16-20-1-2-26-16/h1-7,12-15,17,23-25H,8H2/t12-,13+,14+,15-,17-/m1/s1. The minimum absolute atomic E-state index is 0.372. The second-order valence-corrected chi connectivity index (χ2v) is 7.81. The number of halogens is 1. The number of oxazole rings is 1. The molecule has 0 unspecified atom stereocenters. The Labute approximate surface area is 168 Å². The van der Waals surface area contributed by atoms with Crippen molar-refractivity contribution in [3.63, 3.8) is 0 Å². The molecule has 3 N–H and O–H groups in total. The van der Waals surface area contributed by atoms with Gasteiger partial charge in [0, 0.05) is 23.5 Å². The first kappa shape index (κ1) is 19.4. The van der Waals surface area contributed by atoms with Gasteiger partial charge in [-0.15, -0.1) is 0 Å². The van der Waals surface area contributed by atoms with E-state index >= 15 is 0 Å². The van der Waals surface area contributed by atoms with Gasteiger partial charge in [-0.1, -0.05) is 23.4 Å². The summed E-state index contributed by atoms with van der Waals surface area (Å²) in [6.07, 6.45) is 5.99. The second kappa shape index (κ2) is 8.19. The summed E-state index contributed by atoms with van der Waals surface area (Å²) in [6, 6.07) is 0.844. The van der Waals surface area contributed by atoms with Gasteiger partial charge >= 0.3 is 0 Å². The lowest BCUT2D eigenvalue weighted by Gasteiger charge is -2.42. The number of aliphatic hydroxyl groups excluding tert-OH is 3. The Morgan fingerprint density at radius 3 is 2.79 bits per heavy atom. The first-order valence-electron chi connectivity index (χ1n) is 8.40. The van der Waals surface area contributed by atoms with Crippen LogP contribution in [0.25, 0.3) is 11.5 Å². The van der Waals surface area contributed by atoms with Crippen LogP contribution in [0.5, 0.6) is 0 Å². The molecule has 0 bridgehead atoms. The molecule has 0 amide bonds. The highest BCUT2D eigenvalue weighted by Crippen LogP contribution is 2.38. The molecule has 0 saturated carbocycles. The molecule has 1 aliphatic heterocycles. The fourth-order valence-corrected chi connectivity index (χ4v) is 4.37. The van der Waals surface area contributed by atoms with Gasteiger partial charge in [0.05, 0.1) is 29.6 Å². The summed E-state index contributed by atoms with van der Waals surface area (Å²) in [6.45, 7) is -0.414. The van der Waals surface area contributed by atoms with Crippen LogP contribution < -0.4 is 0 Å². The molecule has 1 saturated heterocycles. The van der Waals surface area contributed by atoms with Crippen LogP contribution in [-0.4, -0.2) is 65.4 Å². The lowest BCUT2D eigenvalue weighted by atomic mass is 9.97. The van der Waals surface area contributed by atoms with Gasteiger partial charge in [0.15, 0.2) is 0 Å². The van der Waals surface area contributed by atoms with Crippen LogP contribution in [0.15, 0.2) is 52.6 Å². The van der Waals surface area contributed by atoms with Gasteiger partial charge in [-0.05, 0) is 6.07 Å². The first-order valence-corrected chi connectivity index (χ1v) is 9.66. The Morgan fingerprint density at radius 1 is 1.21 bits per heavy atom. The zero-order valence-electron chi connectivity index (χ0n) is 14.4. The number of aromatic nitrogens is 4. The number of nitrogens with zero attached hydrogens (tertiary/aromatic N) is 4. The van der Waals surface area contributed by atoms with Crippen molar-refractivity contribution in [1.29, 1.82) is 0 Å². The lowest BCUT2D eigenvalue weighted by Crippen LogP contribution is -2.54. The molecule has 4 heterocycles. The van der Waals surface area contributed by atoms with Gasteiger partial charge < -0.3 is 24.5 Å². The van der Waals surface area contributed by atoms with E-state index in [1.54, 1.807) is 18.5 Å². The third-order valence-corrected chi connectivity index (χ3v) is 5.69. The first-order chi connectivity index (χ1) is 13.6. The third kappa shape index (κ3) is 3.79. The maximum Gasteiger partial charge on any atom is 0.229 e. The molecule has 3 aromatic rings. The molecule has 3 aromatic heterocycles. The van der Waals surface area contributed by atoms with Crippen molar-refractivity contribution in [2.45, 2.75) is 34.7 Å². The minimum Gasteiger partial charge on any atom is -0.444 e. The van der Waals surface area contributed by atoms with E-state index in [9.17, 15) is 15.3 Å². The normalized spacial score (nSPS) is 27.8. The summed E-state index contributed by atoms with van der Waals surface area (Å²) in [4.78, 5) is 8.76. The molecular formula is C17H17ClN4O5S. The van der Waals surface area contributed by atoms with Crippen LogP contribution >= 0.6 is 23.4 Å². The lowest BCUT2D eigenvalue weighted by molar-refractivity contribution is -0.178. The number of hydrogen-bond acceptors (Lipinski definition) is 9. The monoisotopic (exact) mass is 424 g/mol. The van der Waals surface area contributed by atoms with E-state index < -0.39 is 36.4 Å². The van der Waals surface area contributed by atoms with E-state index in [1.165, 1.54) is 41.3 Å². The summed E-state index contributed by atoms with van der Waals surface area (Å²) < 4.78 is 12.4. The minimum atomic E-state index is -1.17. The zero-order valence-corrected chi connectivity index (χ0v) is 15.9. The fourth-order valence-electron chi connectivity index (χ4n) is 3.05. The number of aliphatic hydroxyl groups is 3. The molecule has 148 valence electrons. The highest BCUT2D eigenvalue weighted by atomic mass is 35.5. The van der Waals surface area contributed by atoms with Crippen LogP contribution in [0.1, 0.15) is 6.04 Å². The van der Waals surface area contributed by atoms with Crippen molar-refractivity contribution in [2.75, 3.05) is 6.61 Å². The molecule has 4 rings (SSSR count). The number of thioether (sulfide) groups is 1. The van der Waals surface area contributed by atoms with E-state index in [4.69, 9.17) is 20.8 Å². The maximum atomic E-state index is 10.9. The number of pyridine rings is 1. The highest BCUT2D eigenvalue weighted by Gasteiger charge is 2.46. The van der Waals surface area contributed by atoms with E-state index in [0.29, 0.717) is 21.4 Å². The van der Waals surface area contributed by atoms with Crippen molar-refractivity contribution < 1.29 is 24.5 Å². The van der Waals surface area contributed by atoms with Crippen LogP contribution in [0.2, 0.25) is 5.02 Å². The van der Waals surface area contributed by atoms with Crippen molar-refractivity contribution in [3.8, 4) is 11.5 Å². The van der Waals surface area contributed by atoms with Crippen LogP contribution in [0.4, 0.5) is 0 Å². The van der Waals surface area contributed by atoms with Gasteiger partial charge in [-0.3, -0.25) is 9.67 Å². The Balaban J connectivity index is 1.61. The summed E-state index contributed by atoms with van der Waals surface area (Å²) in [5, 5.41) is 35.8. The topological polar surface area (TPSA) is 127 Å². The smallest absolute Gasteiger partial charge is 0.229 e. The summed E-state index contributed by atoms with van der Waals surface area (Å²) >= 11 is 7.16. The average molecular weight is 425 g/mol. The average Bonchev–Trinajstić information content (AvgIpc) is 3.36. The van der Waals surface area contributed by atoms with E-state index in [-0.39, 0.29) is 0 Å². The molecule has 28 heavy (non-hydrogen) atoms. The van der Waals surface area contributed by atoms with Gasteiger partial charge in [0.2, 0.25) is 5.89 Å². The van der Waals surface area contributed by atoms with E-state index in [2.05, 4.69) is 15.1 Å². The molecule has 0 aliphatic carbocycles. The van der Waals surface area contributed by atoms with Crippen molar-refractivity contribution >= 4 is 23.4 Å². The van der Waals surface area contributed by atoms with Crippen LogP contribution in [0.3, 0.4) is 0 Å². The molecule has 11 heteroatoms. The zero-order chi connectivity index (χ0) is 19.7. The van der Waals surface area contributed by atoms with Crippen molar-refractivity contribution in [3.05, 3.63) is 48.3 Å². The predicted molar refractivity (Wildman–Crippen MR) is 99.6 cm³/mol. The molecule has 9 nitrogen and oxygen atoms in total. The Bertz CT molecular complexity index is 924. The predicted octanol–water partition coefficient (Wildman–Crippen LogP) is 1.36. The number of hydrogen-bond donors (Lipinski definition) is 3. The Hall–Kier alpha value is -1.95. The van der Waals surface area contributed by atoms with Gasteiger partial charge in [-0.25, -0.2) is 4.98 Å². The number of rotatable bonds is 5. The van der Waals surface area contributed by atoms with Crippen molar-refractivity contribution in [2.24, 2.45) is 0 Å². The van der Waals surface area contributed by atoms with Crippen LogP contribution in [-0.2, 0) is 4.74 Å². The van der Waals surface area contributed by atoms with E-state index in [0.717, 1.165) is 0 Å². The summed E-state index contributed by atoms with van der Waals surface area (Å²) in [7, 11) is 0. The Morgan fingerprint density at radius 2 is 2.07 bits per heavy atom. The van der Waals surface area contributed by atoms with Gasteiger partial charge in [0.25, 0.3) is 0 Å². The maximum absolute atomic E-state index is 10.9. The molecule has 1 fully saturated rings. The van der Waals surface area contributed by atoms with Gasteiger partial charge in [0.1, 0.15) is 36.1 Å². The molecular weight excluding hydrogens is 408 g/mol. The molecule has 1 aliphatic rings. The SMILES string of the molecule is OC[C@H]1O[C@H](Sc2cncc(Cl)c2)[C@H](O)[C@@H](n2cc(-c3ncco3)cn2)[C@H]1O. The Kier molecular flexibility index (Phi) is 5.67.